The van der Waals surface area contributed by atoms with E-state index in [4.69, 9.17) is 0 Å². The maximum atomic E-state index is 2.36. The molecule has 0 unspecified atom stereocenters. The Kier molecular flexibility index (Phi) is 9.97. The average Bonchev–Trinajstić information content (AvgIpc) is 3.39. The third-order valence-corrected chi connectivity index (χ3v) is 13.2. The fourth-order valence-corrected chi connectivity index (χ4v) is 10.3. The first-order valence-electron chi connectivity index (χ1n) is 22.8. The molecule has 0 amide bonds. The van der Waals surface area contributed by atoms with Crippen molar-refractivity contribution in [1.82, 2.24) is 0 Å². The van der Waals surface area contributed by atoms with Crippen molar-refractivity contribution in [3.05, 3.63) is 266 Å². The van der Waals surface area contributed by atoms with Crippen molar-refractivity contribution in [2.24, 2.45) is 0 Å². The fourth-order valence-electron chi connectivity index (χ4n) is 10.3. The van der Waals surface area contributed by atoms with Gasteiger partial charge in [0.2, 0.25) is 0 Å². The summed E-state index contributed by atoms with van der Waals surface area (Å²) in [5.74, 6) is 0. The minimum atomic E-state index is 1.15. The van der Waals surface area contributed by atoms with Crippen LogP contribution in [0.2, 0.25) is 0 Å². The van der Waals surface area contributed by atoms with Crippen molar-refractivity contribution in [2.45, 2.75) is 0 Å². The molecule has 0 spiro atoms. The van der Waals surface area contributed by atoms with Crippen molar-refractivity contribution in [2.75, 3.05) is 0 Å². The Morgan fingerprint density at radius 2 is 0.515 bits per heavy atom. The first-order chi connectivity index (χ1) is 32.8. The normalized spacial score (nSPS) is 11.6. The van der Waals surface area contributed by atoms with Gasteiger partial charge in [-0.05, 0) is 139 Å². The molecule has 0 aliphatic heterocycles. The second-order valence-electron chi connectivity index (χ2n) is 17.1. The summed E-state index contributed by atoms with van der Waals surface area (Å²) in [4.78, 5) is 0. The zero-order chi connectivity index (χ0) is 43.8. The highest BCUT2D eigenvalue weighted by molar-refractivity contribution is 6.25. The second kappa shape index (κ2) is 16.8. The Bertz CT molecular complexity index is 3730. The van der Waals surface area contributed by atoms with E-state index in [9.17, 15) is 0 Å². The number of benzene rings is 12. The van der Waals surface area contributed by atoms with Gasteiger partial charge >= 0.3 is 0 Å². The van der Waals surface area contributed by atoms with Crippen LogP contribution < -0.4 is 0 Å². The minimum absolute atomic E-state index is 1.15. The predicted molar refractivity (Wildman–Crippen MR) is 284 cm³/mol. The largest absolute Gasteiger partial charge is 0.0622 e. The third kappa shape index (κ3) is 6.97. The molecule has 0 saturated heterocycles. The lowest BCUT2D eigenvalue weighted by atomic mass is 9.83. The van der Waals surface area contributed by atoms with E-state index in [0.29, 0.717) is 0 Å². The van der Waals surface area contributed by atoms with Gasteiger partial charge in [0.15, 0.2) is 0 Å². The molecule has 0 heteroatoms. The van der Waals surface area contributed by atoms with Crippen LogP contribution >= 0.6 is 0 Å². The van der Waals surface area contributed by atoms with E-state index in [1.54, 1.807) is 0 Å². The average molecular weight is 837 g/mol. The highest BCUT2D eigenvalue weighted by atomic mass is 14.2. The van der Waals surface area contributed by atoms with E-state index in [1.165, 1.54) is 110 Å². The summed E-state index contributed by atoms with van der Waals surface area (Å²) in [6.07, 6.45) is 4.49. The summed E-state index contributed by atoms with van der Waals surface area (Å²) < 4.78 is 0. The molecule has 0 N–H and O–H groups in total. The molecule has 308 valence electrons. The lowest BCUT2D eigenvalue weighted by Crippen LogP contribution is -1.93. The number of fused-ring (bicyclic) bond motifs is 4. The summed E-state index contributed by atoms with van der Waals surface area (Å²) >= 11 is 0. The molecule has 0 saturated carbocycles. The number of hydrogen-bond acceptors (Lipinski definition) is 0. The van der Waals surface area contributed by atoms with Crippen LogP contribution in [0.5, 0.6) is 0 Å². The van der Waals surface area contributed by atoms with E-state index in [-0.39, 0.29) is 0 Å². The van der Waals surface area contributed by atoms with Crippen LogP contribution in [0.15, 0.2) is 255 Å². The standard InChI is InChI=1S/C66H44/c1-4-22-47(23-5-1)62-55-32-10-12-34-57(55)64(58-35-13-11-33-56(58)62)53-31-18-29-51(44-53)50-28-16-20-45(42-50)40-41-46-21-17-30-52(43-46)54-38-19-39-61-63(48-24-6-2-7-25-48)59-36-14-15-37-60(59)65(66(54)61)49-26-8-3-9-27-49/h1-44H. The Morgan fingerprint density at radius 3 is 1.03 bits per heavy atom. The molecule has 12 rings (SSSR count). The first-order valence-corrected chi connectivity index (χ1v) is 22.8. The van der Waals surface area contributed by atoms with Crippen LogP contribution in [-0.4, -0.2) is 0 Å². The van der Waals surface area contributed by atoms with Crippen LogP contribution in [0.4, 0.5) is 0 Å². The summed E-state index contributed by atoms with van der Waals surface area (Å²) in [5, 5.41) is 10.1. The smallest absolute Gasteiger partial charge is 0.00141 e. The third-order valence-electron chi connectivity index (χ3n) is 13.2. The molecule has 12 aromatic carbocycles. The van der Waals surface area contributed by atoms with Crippen molar-refractivity contribution in [3.8, 4) is 66.8 Å². The van der Waals surface area contributed by atoms with Gasteiger partial charge in [-0.1, -0.05) is 249 Å². The van der Waals surface area contributed by atoms with E-state index < -0.39 is 0 Å². The first kappa shape index (κ1) is 39.0. The van der Waals surface area contributed by atoms with Gasteiger partial charge in [-0.3, -0.25) is 0 Å². The van der Waals surface area contributed by atoms with Crippen molar-refractivity contribution < 1.29 is 0 Å². The monoisotopic (exact) mass is 836 g/mol. The van der Waals surface area contributed by atoms with Crippen LogP contribution in [-0.2, 0) is 0 Å². The van der Waals surface area contributed by atoms with Crippen molar-refractivity contribution >= 4 is 55.2 Å². The molecule has 12 aromatic rings. The summed E-state index contributed by atoms with van der Waals surface area (Å²) in [6.45, 7) is 0. The molecule has 0 fully saturated rings. The zero-order valence-electron chi connectivity index (χ0n) is 36.4. The molecular weight excluding hydrogens is 793 g/mol. The van der Waals surface area contributed by atoms with E-state index in [2.05, 4.69) is 267 Å². The van der Waals surface area contributed by atoms with E-state index in [1.807, 2.05) is 0 Å². The van der Waals surface area contributed by atoms with E-state index >= 15 is 0 Å². The molecule has 0 aliphatic carbocycles. The molecule has 0 radical (unpaired) electrons. The number of hydrogen-bond donors (Lipinski definition) is 0. The second-order valence-corrected chi connectivity index (χ2v) is 17.1. The Hall–Kier alpha value is -8.58. The molecule has 0 heterocycles. The Morgan fingerprint density at radius 1 is 0.197 bits per heavy atom. The van der Waals surface area contributed by atoms with Gasteiger partial charge in [0, 0.05) is 0 Å². The molecule has 0 bridgehead atoms. The van der Waals surface area contributed by atoms with Crippen LogP contribution in [0.25, 0.3) is 122 Å². The van der Waals surface area contributed by atoms with Crippen LogP contribution in [0.3, 0.4) is 0 Å². The van der Waals surface area contributed by atoms with Gasteiger partial charge in [0.05, 0.1) is 0 Å². The Balaban J connectivity index is 0.931. The van der Waals surface area contributed by atoms with Gasteiger partial charge < -0.3 is 0 Å². The zero-order valence-corrected chi connectivity index (χ0v) is 36.4. The summed E-state index contributed by atoms with van der Waals surface area (Å²) in [6, 6.07) is 93.0. The topological polar surface area (TPSA) is 0 Å². The van der Waals surface area contributed by atoms with Gasteiger partial charge in [0.25, 0.3) is 0 Å². The van der Waals surface area contributed by atoms with Gasteiger partial charge in [-0.15, -0.1) is 0 Å². The van der Waals surface area contributed by atoms with Crippen LogP contribution in [0.1, 0.15) is 11.1 Å². The summed E-state index contributed by atoms with van der Waals surface area (Å²) in [5.41, 5.74) is 17.1. The lowest BCUT2D eigenvalue weighted by Gasteiger charge is -2.20. The minimum Gasteiger partial charge on any atom is -0.0622 e. The molecule has 0 nitrogen and oxygen atoms in total. The SMILES string of the molecule is C(=Cc1cccc(-c2cccc3c(-c4ccccc4)c4ccccc4c(-c4ccccc4)c23)c1)c1cccc(-c2cccc(-c3c4ccccc4c(-c4ccccc4)c4ccccc34)c2)c1. The maximum Gasteiger partial charge on any atom is -0.00141 e. The maximum absolute atomic E-state index is 2.36. The summed E-state index contributed by atoms with van der Waals surface area (Å²) in [7, 11) is 0. The molecule has 0 atom stereocenters. The molecular formula is C66H44. The van der Waals surface area contributed by atoms with Crippen molar-refractivity contribution in [3.63, 3.8) is 0 Å². The molecule has 66 heavy (non-hydrogen) atoms. The van der Waals surface area contributed by atoms with Gasteiger partial charge in [0.1, 0.15) is 0 Å². The molecule has 0 aliphatic rings. The Labute approximate surface area is 386 Å². The number of rotatable bonds is 8. The van der Waals surface area contributed by atoms with Gasteiger partial charge in [-0.2, -0.15) is 0 Å². The quantitative estimate of drug-likeness (QED) is 0.106. The van der Waals surface area contributed by atoms with E-state index in [0.717, 1.165) is 11.1 Å². The predicted octanol–water partition coefficient (Wildman–Crippen LogP) is 18.5. The highest BCUT2D eigenvalue weighted by Crippen LogP contribution is 2.48. The molecule has 0 aromatic heterocycles. The van der Waals surface area contributed by atoms with Crippen LogP contribution in [0, 0.1) is 0 Å². The lowest BCUT2D eigenvalue weighted by molar-refractivity contribution is 1.59. The van der Waals surface area contributed by atoms with Gasteiger partial charge in [-0.25, -0.2) is 0 Å². The van der Waals surface area contributed by atoms with Crippen molar-refractivity contribution in [1.29, 1.82) is 0 Å². The highest BCUT2D eigenvalue weighted by Gasteiger charge is 2.20. The fraction of sp³-hybridized carbons (Fsp3) is 0.